The van der Waals surface area contributed by atoms with E-state index in [1.807, 2.05) is 30.3 Å². The topological polar surface area (TPSA) is 54.5 Å². The number of benzene rings is 2. The lowest BCUT2D eigenvalue weighted by Crippen LogP contribution is -2.30. The number of hydrogen-bond donors (Lipinski definition) is 0. The molecule has 0 bridgehead atoms. The molecule has 0 amide bonds. The number of carbonyl (C=O) groups excluding carboxylic acids is 1. The molecule has 2 aromatic rings. The highest BCUT2D eigenvalue weighted by atomic mass is 32.2. The molecular weight excluding hydrogens is 310 g/mol. The van der Waals surface area contributed by atoms with Crippen molar-refractivity contribution in [3.63, 3.8) is 0 Å². The second kappa shape index (κ2) is 6.26. The maximum absolute atomic E-state index is 13.0. The minimum absolute atomic E-state index is 0.136. The van der Waals surface area contributed by atoms with Crippen molar-refractivity contribution in [2.45, 2.75) is 30.7 Å². The third-order valence-corrected chi connectivity index (χ3v) is 6.14. The van der Waals surface area contributed by atoms with Crippen molar-refractivity contribution in [2.75, 3.05) is 6.54 Å². The van der Waals surface area contributed by atoms with Crippen LogP contribution in [0.15, 0.2) is 59.5 Å². The van der Waals surface area contributed by atoms with Crippen LogP contribution in [-0.2, 0) is 10.0 Å². The number of Topliss-reactive ketones (excluding diaryl/α,β-unsaturated/α-hetero) is 1. The molecule has 1 fully saturated rings. The molecule has 0 saturated carbocycles. The van der Waals surface area contributed by atoms with Crippen LogP contribution in [0.3, 0.4) is 0 Å². The molecule has 3 rings (SSSR count). The minimum Gasteiger partial charge on any atom is -0.295 e. The van der Waals surface area contributed by atoms with Gasteiger partial charge in [-0.1, -0.05) is 42.5 Å². The van der Waals surface area contributed by atoms with Crippen LogP contribution < -0.4 is 0 Å². The fourth-order valence-electron chi connectivity index (χ4n) is 3.05. The predicted molar refractivity (Wildman–Crippen MR) is 88.8 cm³/mol. The van der Waals surface area contributed by atoms with Crippen LogP contribution in [0.4, 0.5) is 0 Å². The average molecular weight is 329 g/mol. The Morgan fingerprint density at radius 2 is 1.83 bits per heavy atom. The number of hydrogen-bond acceptors (Lipinski definition) is 3. The molecule has 1 aliphatic rings. The van der Waals surface area contributed by atoms with E-state index in [0.717, 1.165) is 18.4 Å². The maximum atomic E-state index is 13.0. The molecule has 1 atom stereocenters. The summed E-state index contributed by atoms with van der Waals surface area (Å²) in [5.74, 6) is -0.136. The predicted octanol–water partition coefficient (Wildman–Crippen LogP) is 3.42. The smallest absolute Gasteiger partial charge is 0.243 e. The second-order valence-electron chi connectivity index (χ2n) is 5.77. The maximum Gasteiger partial charge on any atom is 0.243 e. The van der Waals surface area contributed by atoms with Crippen molar-refractivity contribution in [1.29, 1.82) is 0 Å². The first-order valence-electron chi connectivity index (χ1n) is 7.68. The molecule has 0 N–H and O–H groups in total. The van der Waals surface area contributed by atoms with Crippen molar-refractivity contribution in [3.05, 3.63) is 65.7 Å². The lowest BCUT2D eigenvalue weighted by Gasteiger charge is -2.24. The van der Waals surface area contributed by atoms with Crippen LogP contribution in [0.1, 0.15) is 41.7 Å². The van der Waals surface area contributed by atoms with E-state index in [1.165, 1.54) is 13.0 Å². The molecule has 1 saturated heterocycles. The second-order valence-corrected chi connectivity index (χ2v) is 7.66. The third kappa shape index (κ3) is 3.07. The summed E-state index contributed by atoms with van der Waals surface area (Å²) in [5.41, 5.74) is 1.43. The molecule has 4 nitrogen and oxygen atoms in total. The molecule has 1 unspecified atom stereocenters. The van der Waals surface area contributed by atoms with Crippen LogP contribution in [-0.4, -0.2) is 25.1 Å². The Morgan fingerprint density at radius 3 is 2.52 bits per heavy atom. The van der Waals surface area contributed by atoms with Crippen LogP contribution >= 0.6 is 0 Å². The summed E-state index contributed by atoms with van der Waals surface area (Å²) >= 11 is 0. The van der Waals surface area contributed by atoms with Gasteiger partial charge in [-0.2, -0.15) is 4.31 Å². The number of ketones is 1. The van der Waals surface area contributed by atoms with Crippen molar-refractivity contribution >= 4 is 15.8 Å². The third-order valence-electron chi connectivity index (χ3n) is 4.24. The highest BCUT2D eigenvalue weighted by Crippen LogP contribution is 2.36. The van der Waals surface area contributed by atoms with E-state index in [2.05, 4.69) is 0 Å². The molecule has 0 aliphatic carbocycles. The van der Waals surface area contributed by atoms with E-state index in [9.17, 15) is 13.2 Å². The van der Waals surface area contributed by atoms with Gasteiger partial charge in [-0.15, -0.1) is 0 Å². The van der Waals surface area contributed by atoms with Crippen LogP contribution in [0.2, 0.25) is 0 Å². The molecule has 23 heavy (non-hydrogen) atoms. The summed E-state index contributed by atoms with van der Waals surface area (Å²) in [7, 11) is -3.61. The van der Waals surface area contributed by atoms with Crippen molar-refractivity contribution in [1.82, 2.24) is 4.31 Å². The van der Waals surface area contributed by atoms with Crippen LogP contribution in [0.25, 0.3) is 0 Å². The monoisotopic (exact) mass is 329 g/mol. The molecular formula is C18H19NO3S. The van der Waals surface area contributed by atoms with E-state index in [1.54, 1.807) is 22.5 Å². The summed E-state index contributed by atoms with van der Waals surface area (Å²) in [6, 6.07) is 15.9. The van der Waals surface area contributed by atoms with Crippen LogP contribution in [0, 0.1) is 0 Å². The summed E-state index contributed by atoms with van der Waals surface area (Å²) < 4.78 is 27.6. The molecule has 0 spiro atoms. The minimum atomic E-state index is -3.61. The summed E-state index contributed by atoms with van der Waals surface area (Å²) in [6.07, 6.45) is 1.65. The molecule has 5 heteroatoms. The first-order valence-corrected chi connectivity index (χ1v) is 9.12. The first-order chi connectivity index (χ1) is 11.0. The first kappa shape index (κ1) is 15.9. The summed E-state index contributed by atoms with van der Waals surface area (Å²) in [5, 5.41) is 0. The number of carbonyl (C=O) groups is 1. The van der Waals surface area contributed by atoms with Crippen molar-refractivity contribution in [3.8, 4) is 0 Å². The normalized spacial score (nSPS) is 18.9. The molecule has 0 aromatic heterocycles. The summed E-state index contributed by atoms with van der Waals surface area (Å²) in [4.78, 5) is 11.7. The Hall–Kier alpha value is -1.98. The van der Waals surface area contributed by atoms with E-state index in [4.69, 9.17) is 0 Å². The molecule has 2 aromatic carbocycles. The van der Waals surface area contributed by atoms with Gasteiger partial charge in [0.05, 0.1) is 10.9 Å². The van der Waals surface area contributed by atoms with Gasteiger partial charge in [0.2, 0.25) is 10.0 Å². The molecule has 120 valence electrons. The van der Waals surface area contributed by atoms with Gasteiger partial charge in [0, 0.05) is 12.1 Å². The zero-order chi connectivity index (χ0) is 16.4. The van der Waals surface area contributed by atoms with Gasteiger partial charge in [0.1, 0.15) is 0 Å². The van der Waals surface area contributed by atoms with Crippen molar-refractivity contribution in [2.24, 2.45) is 0 Å². The Bertz CT molecular complexity index is 815. The van der Waals surface area contributed by atoms with E-state index < -0.39 is 10.0 Å². The lowest BCUT2D eigenvalue weighted by atomic mass is 10.1. The Kier molecular flexibility index (Phi) is 4.33. The lowest BCUT2D eigenvalue weighted by molar-refractivity contribution is 0.101. The average Bonchev–Trinajstić information content (AvgIpc) is 3.06. The van der Waals surface area contributed by atoms with Gasteiger partial charge in [-0.3, -0.25) is 4.79 Å². The van der Waals surface area contributed by atoms with Crippen LogP contribution in [0.5, 0.6) is 0 Å². The Morgan fingerprint density at radius 1 is 1.09 bits per heavy atom. The van der Waals surface area contributed by atoms with Gasteiger partial charge in [-0.05, 0) is 37.5 Å². The number of nitrogens with zero attached hydrogens (tertiary/aromatic N) is 1. The molecule has 0 radical (unpaired) electrons. The highest BCUT2D eigenvalue weighted by Gasteiger charge is 2.36. The zero-order valence-electron chi connectivity index (χ0n) is 13.0. The van der Waals surface area contributed by atoms with Gasteiger partial charge in [0.15, 0.2) is 5.78 Å². The standard InChI is InChI=1S/C18H19NO3S/c1-14(20)16-9-5-10-17(13-16)23(21,22)19-12-6-11-18(19)15-7-3-2-4-8-15/h2-5,7-10,13,18H,6,11-12H2,1H3. The van der Waals surface area contributed by atoms with E-state index in [0.29, 0.717) is 12.1 Å². The fraction of sp³-hybridized carbons (Fsp3) is 0.278. The summed E-state index contributed by atoms with van der Waals surface area (Å²) in [6.45, 7) is 1.94. The van der Waals surface area contributed by atoms with Gasteiger partial charge in [-0.25, -0.2) is 8.42 Å². The van der Waals surface area contributed by atoms with Gasteiger partial charge < -0.3 is 0 Å². The largest absolute Gasteiger partial charge is 0.295 e. The van der Waals surface area contributed by atoms with Gasteiger partial charge in [0.25, 0.3) is 0 Å². The molecule has 1 aliphatic heterocycles. The fourth-order valence-corrected chi connectivity index (χ4v) is 4.78. The Balaban J connectivity index is 1.99. The van der Waals surface area contributed by atoms with E-state index in [-0.39, 0.29) is 16.7 Å². The van der Waals surface area contributed by atoms with Crippen molar-refractivity contribution < 1.29 is 13.2 Å². The SMILES string of the molecule is CC(=O)c1cccc(S(=O)(=O)N2CCCC2c2ccccc2)c1. The number of rotatable bonds is 4. The van der Waals surface area contributed by atoms with E-state index >= 15 is 0 Å². The quantitative estimate of drug-likeness (QED) is 0.808. The number of sulfonamides is 1. The Labute approximate surface area is 136 Å². The van der Waals surface area contributed by atoms with Gasteiger partial charge >= 0.3 is 0 Å². The highest BCUT2D eigenvalue weighted by molar-refractivity contribution is 7.89. The zero-order valence-corrected chi connectivity index (χ0v) is 13.8. The molecule has 1 heterocycles.